The Morgan fingerprint density at radius 2 is 2.00 bits per heavy atom. The summed E-state index contributed by atoms with van der Waals surface area (Å²) in [5, 5.41) is 0. The molecule has 1 aliphatic heterocycles. The molecular weight excluding hydrogens is 178 g/mol. The van der Waals surface area contributed by atoms with E-state index in [1.807, 2.05) is 25.7 Å². The van der Waals surface area contributed by atoms with Crippen LogP contribution >= 0.6 is 0 Å². The summed E-state index contributed by atoms with van der Waals surface area (Å²) in [6.45, 7) is 8.21. The molecule has 0 bridgehead atoms. The molecule has 0 unspecified atom stereocenters. The van der Waals surface area contributed by atoms with E-state index in [9.17, 15) is 4.79 Å². The average Bonchev–Trinajstić information content (AvgIpc) is 2.82. The maximum atomic E-state index is 12.0. The molecule has 1 saturated carbocycles. The SMILES string of the molecule is CC(C)(C)C(=O)N1CCOC2(CC2)C1. The number of hydrogen-bond acceptors (Lipinski definition) is 2. The van der Waals surface area contributed by atoms with Crippen LogP contribution in [0.3, 0.4) is 0 Å². The van der Waals surface area contributed by atoms with Gasteiger partial charge in [-0.2, -0.15) is 0 Å². The molecule has 0 aromatic heterocycles. The summed E-state index contributed by atoms with van der Waals surface area (Å²) in [5.41, 5.74) is -0.202. The lowest BCUT2D eigenvalue weighted by Gasteiger charge is -2.36. The molecule has 3 nitrogen and oxygen atoms in total. The van der Waals surface area contributed by atoms with Crippen LogP contribution in [0.2, 0.25) is 0 Å². The van der Waals surface area contributed by atoms with E-state index in [2.05, 4.69) is 0 Å². The van der Waals surface area contributed by atoms with Crippen molar-refractivity contribution in [2.75, 3.05) is 19.7 Å². The summed E-state index contributed by atoms with van der Waals surface area (Å²) in [5.74, 6) is 0.257. The highest BCUT2D eigenvalue weighted by Crippen LogP contribution is 2.42. The van der Waals surface area contributed by atoms with Gasteiger partial charge in [0.1, 0.15) is 0 Å². The topological polar surface area (TPSA) is 29.5 Å². The van der Waals surface area contributed by atoms with Crippen LogP contribution in [0.5, 0.6) is 0 Å². The molecule has 0 radical (unpaired) electrons. The summed E-state index contributed by atoms with van der Waals surface area (Å²) in [7, 11) is 0. The third-order valence-electron chi connectivity index (χ3n) is 2.98. The fourth-order valence-corrected chi connectivity index (χ4v) is 1.93. The van der Waals surface area contributed by atoms with Crippen molar-refractivity contribution in [1.82, 2.24) is 4.90 Å². The molecule has 0 aromatic carbocycles. The first kappa shape index (κ1) is 9.97. The maximum Gasteiger partial charge on any atom is 0.228 e. The van der Waals surface area contributed by atoms with E-state index in [-0.39, 0.29) is 16.9 Å². The predicted octanol–water partition coefficient (Wildman–Crippen LogP) is 1.42. The summed E-state index contributed by atoms with van der Waals surface area (Å²) in [4.78, 5) is 14.0. The number of hydrogen-bond donors (Lipinski definition) is 0. The van der Waals surface area contributed by atoms with E-state index in [0.29, 0.717) is 6.61 Å². The second-order valence-electron chi connectivity index (χ2n) is 5.51. The van der Waals surface area contributed by atoms with Crippen molar-refractivity contribution in [2.45, 2.75) is 39.2 Å². The van der Waals surface area contributed by atoms with Crippen molar-refractivity contribution < 1.29 is 9.53 Å². The van der Waals surface area contributed by atoms with Crippen LogP contribution in [0.1, 0.15) is 33.6 Å². The molecule has 2 aliphatic rings. The quantitative estimate of drug-likeness (QED) is 0.588. The van der Waals surface area contributed by atoms with Crippen LogP contribution in [-0.2, 0) is 9.53 Å². The lowest BCUT2D eigenvalue weighted by Crippen LogP contribution is -2.50. The fraction of sp³-hybridized carbons (Fsp3) is 0.909. The normalized spacial score (nSPS) is 25.2. The van der Waals surface area contributed by atoms with Gasteiger partial charge in [-0.05, 0) is 12.8 Å². The van der Waals surface area contributed by atoms with Crippen molar-refractivity contribution in [1.29, 1.82) is 0 Å². The van der Waals surface area contributed by atoms with Crippen molar-refractivity contribution in [3.8, 4) is 0 Å². The van der Waals surface area contributed by atoms with Crippen LogP contribution < -0.4 is 0 Å². The number of carbonyl (C=O) groups is 1. The van der Waals surface area contributed by atoms with Gasteiger partial charge >= 0.3 is 0 Å². The molecule has 1 amide bonds. The molecule has 0 N–H and O–H groups in total. The van der Waals surface area contributed by atoms with Gasteiger partial charge in [-0.1, -0.05) is 20.8 Å². The lowest BCUT2D eigenvalue weighted by molar-refractivity contribution is -0.148. The summed E-state index contributed by atoms with van der Waals surface area (Å²) < 4.78 is 5.68. The zero-order chi connectivity index (χ0) is 10.4. The van der Waals surface area contributed by atoms with Crippen LogP contribution in [0.25, 0.3) is 0 Å². The minimum Gasteiger partial charge on any atom is -0.371 e. The smallest absolute Gasteiger partial charge is 0.228 e. The standard InChI is InChI=1S/C11H19NO2/c1-10(2,3)9(13)12-6-7-14-11(8-12)4-5-11/h4-8H2,1-3H3. The Morgan fingerprint density at radius 1 is 1.36 bits per heavy atom. The van der Waals surface area contributed by atoms with E-state index in [0.717, 1.165) is 25.9 Å². The molecule has 80 valence electrons. The highest BCUT2D eigenvalue weighted by Gasteiger charge is 2.49. The maximum absolute atomic E-state index is 12.0. The molecule has 1 heterocycles. The molecule has 14 heavy (non-hydrogen) atoms. The molecule has 1 spiro atoms. The average molecular weight is 197 g/mol. The minimum absolute atomic E-state index is 0.0547. The van der Waals surface area contributed by atoms with Crippen molar-refractivity contribution in [2.24, 2.45) is 5.41 Å². The number of amides is 1. The second-order valence-corrected chi connectivity index (χ2v) is 5.51. The van der Waals surface area contributed by atoms with E-state index >= 15 is 0 Å². The van der Waals surface area contributed by atoms with Gasteiger partial charge in [0.25, 0.3) is 0 Å². The van der Waals surface area contributed by atoms with Gasteiger partial charge in [0.2, 0.25) is 5.91 Å². The Morgan fingerprint density at radius 3 is 2.50 bits per heavy atom. The van der Waals surface area contributed by atoms with Gasteiger partial charge in [-0.3, -0.25) is 4.79 Å². The number of morpholine rings is 1. The Labute approximate surface area is 85.4 Å². The first-order valence-corrected chi connectivity index (χ1v) is 5.36. The second kappa shape index (κ2) is 2.96. The predicted molar refractivity (Wildman–Crippen MR) is 54.0 cm³/mol. The molecule has 0 aromatic rings. The lowest BCUT2D eigenvalue weighted by atomic mass is 9.94. The number of carbonyl (C=O) groups excluding carboxylic acids is 1. The van der Waals surface area contributed by atoms with Gasteiger partial charge in [0.05, 0.1) is 12.2 Å². The molecule has 0 atom stereocenters. The molecule has 3 heteroatoms. The number of ether oxygens (including phenoxy) is 1. The van der Waals surface area contributed by atoms with Gasteiger partial charge in [0, 0.05) is 18.5 Å². The Balaban J connectivity index is 2.01. The van der Waals surface area contributed by atoms with Gasteiger partial charge in [-0.25, -0.2) is 0 Å². The zero-order valence-electron chi connectivity index (χ0n) is 9.30. The van der Waals surface area contributed by atoms with E-state index in [1.165, 1.54) is 0 Å². The highest BCUT2D eigenvalue weighted by molar-refractivity contribution is 5.81. The van der Waals surface area contributed by atoms with Crippen LogP contribution in [0.4, 0.5) is 0 Å². The third-order valence-corrected chi connectivity index (χ3v) is 2.98. The molecule has 2 fully saturated rings. The van der Waals surface area contributed by atoms with E-state index in [1.54, 1.807) is 0 Å². The van der Waals surface area contributed by atoms with Crippen LogP contribution in [0.15, 0.2) is 0 Å². The zero-order valence-corrected chi connectivity index (χ0v) is 9.30. The number of rotatable bonds is 0. The number of nitrogens with zero attached hydrogens (tertiary/aromatic N) is 1. The first-order valence-electron chi connectivity index (χ1n) is 5.36. The summed E-state index contributed by atoms with van der Waals surface area (Å²) in [6.07, 6.45) is 2.25. The largest absolute Gasteiger partial charge is 0.371 e. The highest BCUT2D eigenvalue weighted by atomic mass is 16.5. The van der Waals surface area contributed by atoms with Crippen molar-refractivity contribution in [3.63, 3.8) is 0 Å². The van der Waals surface area contributed by atoms with Crippen LogP contribution in [-0.4, -0.2) is 36.1 Å². The van der Waals surface area contributed by atoms with Gasteiger partial charge in [-0.15, -0.1) is 0 Å². The summed E-state index contributed by atoms with van der Waals surface area (Å²) >= 11 is 0. The van der Waals surface area contributed by atoms with Crippen LogP contribution in [0, 0.1) is 5.41 Å². The monoisotopic (exact) mass is 197 g/mol. The Hall–Kier alpha value is -0.570. The molecular formula is C11H19NO2. The van der Waals surface area contributed by atoms with Gasteiger partial charge in [0.15, 0.2) is 0 Å². The van der Waals surface area contributed by atoms with Crippen molar-refractivity contribution in [3.05, 3.63) is 0 Å². The summed E-state index contributed by atoms with van der Waals surface area (Å²) in [6, 6.07) is 0. The fourth-order valence-electron chi connectivity index (χ4n) is 1.93. The Bertz CT molecular complexity index is 251. The Kier molecular flexibility index (Phi) is 2.11. The first-order chi connectivity index (χ1) is 6.43. The van der Waals surface area contributed by atoms with Gasteiger partial charge < -0.3 is 9.64 Å². The minimum atomic E-state index is -0.257. The van der Waals surface area contributed by atoms with E-state index < -0.39 is 0 Å². The van der Waals surface area contributed by atoms with Crippen molar-refractivity contribution >= 4 is 5.91 Å². The molecule has 1 aliphatic carbocycles. The van der Waals surface area contributed by atoms with E-state index in [4.69, 9.17) is 4.74 Å². The molecule has 1 saturated heterocycles. The molecule has 2 rings (SSSR count). The third kappa shape index (κ3) is 1.78.